The number of hydrogen-bond acceptors (Lipinski definition) is 6. The number of Topliss-reactive ketones (excluding diaryl/α,β-unsaturated/α-hetero) is 1. The van der Waals surface area contributed by atoms with E-state index >= 15 is 0 Å². The van der Waals surface area contributed by atoms with Gasteiger partial charge in [0.25, 0.3) is 5.78 Å². The van der Waals surface area contributed by atoms with Crippen LogP contribution in [-0.2, 0) is 9.59 Å². The second-order valence-electron chi connectivity index (χ2n) is 7.74. The Kier molecular flexibility index (Phi) is 4.90. The van der Waals surface area contributed by atoms with Gasteiger partial charge >= 0.3 is 5.91 Å². The van der Waals surface area contributed by atoms with Crippen LogP contribution in [0, 0.1) is 6.92 Å². The van der Waals surface area contributed by atoms with Crippen molar-refractivity contribution in [2.24, 2.45) is 0 Å². The van der Waals surface area contributed by atoms with Crippen molar-refractivity contribution in [3.63, 3.8) is 0 Å². The summed E-state index contributed by atoms with van der Waals surface area (Å²) in [7, 11) is 1.47. The van der Waals surface area contributed by atoms with Gasteiger partial charge in [-0.15, -0.1) is 0 Å². The summed E-state index contributed by atoms with van der Waals surface area (Å²) in [6, 6.07) is 15.0. The largest absolute Gasteiger partial charge is 0.507 e. The average Bonchev–Trinajstić information content (AvgIpc) is 3.37. The lowest BCUT2D eigenvalue weighted by Crippen LogP contribution is -2.30. The number of fused-ring (bicyclic) bond motifs is 1. The molecule has 4 aromatic rings. The van der Waals surface area contributed by atoms with Crippen LogP contribution < -0.4 is 9.64 Å². The van der Waals surface area contributed by atoms with E-state index < -0.39 is 17.7 Å². The first-order valence-corrected chi connectivity index (χ1v) is 10.3. The molecule has 1 atom stereocenters. The van der Waals surface area contributed by atoms with Crippen LogP contribution in [0.3, 0.4) is 0 Å². The highest BCUT2D eigenvalue weighted by Crippen LogP contribution is 2.42. The quantitative estimate of drug-likeness (QED) is 0.283. The molecule has 0 bridgehead atoms. The number of aryl methyl sites for hydroxylation is 1. The van der Waals surface area contributed by atoms with E-state index in [1.54, 1.807) is 48.8 Å². The number of hydrogen-bond donors (Lipinski definition) is 2. The summed E-state index contributed by atoms with van der Waals surface area (Å²) in [6.45, 7) is 1.95. The number of anilines is 1. The number of nitrogens with one attached hydrogen (secondary N) is 1. The van der Waals surface area contributed by atoms with Gasteiger partial charge < -0.3 is 14.8 Å². The van der Waals surface area contributed by atoms with E-state index in [1.807, 2.05) is 25.1 Å². The number of carbonyl (C=O) groups is 2. The Morgan fingerprint density at radius 3 is 2.70 bits per heavy atom. The third kappa shape index (κ3) is 3.32. The van der Waals surface area contributed by atoms with E-state index in [0.29, 0.717) is 22.4 Å². The van der Waals surface area contributed by atoms with E-state index in [4.69, 9.17) is 4.74 Å². The number of ether oxygens (including phenoxy) is 1. The first-order chi connectivity index (χ1) is 16.0. The van der Waals surface area contributed by atoms with Crippen LogP contribution in [0.15, 0.2) is 72.6 Å². The minimum atomic E-state index is -0.926. The zero-order chi connectivity index (χ0) is 23.1. The molecule has 0 radical (unpaired) electrons. The number of ketones is 1. The third-order valence-corrected chi connectivity index (χ3v) is 5.66. The summed E-state index contributed by atoms with van der Waals surface area (Å²) in [6.07, 6.45) is 3.16. The van der Waals surface area contributed by atoms with Gasteiger partial charge in [0, 0.05) is 12.4 Å². The first kappa shape index (κ1) is 20.4. The zero-order valence-corrected chi connectivity index (χ0v) is 17.9. The smallest absolute Gasteiger partial charge is 0.302 e. The van der Waals surface area contributed by atoms with Crippen LogP contribution in [0.1, 0.15) is 22.7 Å². The number of carbonyl (C=O) groups excluding carboxylic acids is 2. The number of aromatic amines is 1. The Bertz CT molecular complexity index is 1420. The molecule has 2 N–H and O–H groups in total. The lowest BCUT2D eigenvalue weighted by Gasteiger charge is -2.22. The highest BCUT2D eigenvalue weighted by atomic mass is 16.5. The van der Waals surface area contributed by atoms with Crippen molar-refractivity contribution < 1.29 is 19.4 Å². The van der Waals surface area contributed by atoms with E-state index in [2.05, 4.69) is 15.0 Å². The topological polar surface area (TPSA) is 108 Å². The molecule has 0 aliphatic carbocycles. The molecule has 1 aliphatic rings. The third-order valence-electron chi connectivity index (χ3n) is 5.66. The molecule has 0 spiro atoms. The zero-order valence-electron chi connectivity index (χ0n) is 17.9. The predicted octanol–water partition coefficient (Wildman–Crippen LogP) is 3.90. The van der Waals surface area contributed by atoms with Crippen LogP contribution in [-0.4, -0.2) is 38.9 Å². The minimum absolute atomic E-state index is 0.0610. The molecule has 2 aromatic carbocycles. The Morgan fingerprint density at radius 2 is 1.94 bits per heavy atom. The summed E-state index contributed by atoms with van der Waals surface area (Å²) in [5.74, 6) is -1.34. The van der Waals surface area contributed by atoms with Gasteiger partial charge in [-0.1, -0.05) is 24.3 Å². The number of rotatable bonds is 4. The van der Waals surface area contributed by atoms with Crippen LogP contribution in [0.2, 0.25) is 0 Å². The van der Waals surface area contributed by atoms with Crippen LogP contribution in [0.5, 0.6) is 5.75 Å². The van der Waals surface area contributed by atoms with Gasteiger partial charge in [0.15, 0.2) is 0 Å². The molecule has 3 heterocycles. The maximum Gasteiger partial charge on any atom is 0.302 e. The molecule has 8 heteroatoms. The molecule has 1 unspecified atom stereocenters. The highest BCUT2D eigenvalue weighted by Gasteiger charge is 2.48. The Morgan fingerprint density at radius 1 is 1.12 bits per heavy atom. The highest BCUT2D eigenvalue weighted by molar-refractivity contribution is 6.51. The minimum Gasteiger partial charge on any atom is -0.507 e. The molecular formula is C25H20N4O4. The predicted molar refractivity (Wildman–Crippen MR) is 123 cm³/mol. The number of pyridine rings is 1. The van der Waals surface area contributed by atoms with E-state index in [0.717, 1.165) is 11.1 Å². The molecule has 0 saturated carbocycles. The number of benzene rings is 2. The second-order valence-corrected chi connectivity index (χ2v) is 7.74. The molecule has 164 valence electrons. The fourth-order valence-electron chi connectivity index (χ4n) is 4.11. The molecule has 1 amide bonds. The fourth-order valence-corrected chi connectivity index (χ4v) is 4.11. The standard InChI is InChI=1S/C25H20N4O4/c1-14-9-10-17-18(12-14)28-25(27-17)29-21(15-6-5-11-26-13-15)20(23(31)24(29)32)22(30)16-7-3-4-8-19(16)33-2/h3-13,21,30H,1-2H3,(H,27,28)/b22-20+. The Balaban J connectivity index is 1.74. The molecule has 8 nitrogen and oxygen atoms in total. The number of H-pyrrole nitrogens is 1. The molecule has 1 fully saturated rings. The number of aromatic nitrogens is 3. The van der Waals surface area contributed by atoms with Crippen LogP contribution in [0.25, 0.3) is 16.8 Å². The Hall–Kier alpha value is -4.46. The van der Waals surface area contributed by atoms with Gasteiger partial charge in [-0.05, 0) is 48.4 Å². The number of methoxy groups -OCH3 is 1. The van der Waals surface area contributed by atoms with Crippen LogP contribution >= 0.6 is 0 Å². The number of para-hydroxylation sites is 1. The summed E-state index contributed by atoms with van der Waals surface area (Å²) in [5.41, 5.74) is 3.24. The number of nitrogens with zero attached hydrogens (tertiary/aromatic N) is 3. The maximum atomic E-state index is 13.3. The van der Waals surface area contributed by atoms with Crippen LogP contribution in [0.4, 0.5) is 5.95 Å². The number of aliphatic hydroxyl groups excluding tert-OH is 1. The summed E-state index contributed by atoms with van der Waals surface area (Å²) in [4.78, 5) is 39.6. The number of amides is 1. The van der Waals surface area contributed by atoms with E-state index in [9.17, 15) is 14.7 Å². The molecule has 2 aromatic heterocycles. The summed E-state index contributed by atoms with van der Waals surface area (Å²) < 4.78 is 5.36. The molecule has 1 aliphatic heterocycles. The fraction of sp³-hybridized carbons (Fsp3) is 0.120. The monoisotopic (exact) mass is 440 g/mol. The van der Waals surface area contributed by atoms with Gasteiger partial charge in [-0.25, -0.2) is 4.98 Å². The van der Waals surface area contributed by atoms with Gasteiger partial charge in [0.1, 0.15) is 11.5 Å². The van der Waals surface area contributed by atoms with E-state index in [1.165, 1.54) is 12.0 Å². The normalized spacial score (nSPS) is 17.6. The van der Waals surface area contributed by atoms with Crippen molar-refractivity contribution in [1.29, 1.82) is 0 Å². The van der Waals surface area contributed by atoms with Gasteiger partial charge in [0.2, 0.25) is 5.95 Å². The van der Waals surface area contributed by atoms with Gasteiger partial charge in [-0.2, -0.15) is 0 Å². The summed E-state index contributed by atoms with van der Waals surface area (Å²) >= 11 is 0. The lowest BCUT2D eigenvalue weighted by molar-refractivity contribution is -0.132. The van der Waals surface area contributed by atoms with Crippen molar-refractivity contribution in [2.45, 2.75) is 13.0 Å². The lowest BCUT2D eigenvalue weighted by atomic mass is 9.96. The molecule has 5 rings (SSSR count). The molecular weight excluding hydrogens is 420 g/mol. The molecule has 33 heavy (non-hydrogen) atoms. The van der Waals surface area contributed by atoms with Gasteiger partial charge in [-0.3, -0.25) is 19.5 Å². The molecule has 1 saturated heterocycles. The van der Waals surface area contributed by atoms with Crippen molar-refractivity contribution in [2.75, 3.05) is 12.0 Å². The second kappa shape index (κ2) is 7.90. The maximum absolute atomic E-state index is 13.3. The average molecular weight is 440 g/mol. The van der Waals surface area contributed by atoms with E-state index in [-0.39, 0.29) is 17.3 Å². The number of aliphatic hydroxyl groups is 1. The first-order valence-electron chi connectivity index (χ1n) is 10.3. The Labute approximate surface area is 189 Å². The van der Waals surface area contributed by atoms with Gasteiger partial charge in [0.05, 0.1) is 35.3 Å². The summed E-state index contributed by atoms with van der Waals surface area (Å²) in [5, 5.41) is 11.2. The van der Waals surface area contributed by atoms with Crippen molar-refractivity contribution in [3.05, 3.63) is 89.3 Å². The SMILES string of the molecule is COc1ccccc1/C(O)=C1\C(=O)C(=O)N(c2nc3ccc(C)cc3[nH]2)C1c1cccnc1. The van der Waals surface area contributed by atoms with Crippen molar-refractivity contribution in [3.8, 4) is 5.75 Å². The number of imidazole rings is 1. The van der Waals surface area contributed by atoms with Crippen molar-refractivity contribution >= 4 is 34.4 Å². The van der Waals surface area contributed by atoms with Crippen molar-refractivity contribution in [1.82, 2.24) is 15.0 Å².